The molecule has 0 saturated carbocycles. The summed E-state index contributed by atoms with van der Waals surface area (Å²) >= 11 is 0. The fourth-order valence-electron chi connectivity index (χ4n) is 2.39. The van der Waals surface area contributed by atoms with Crippen LogP contribution in [0, 0.1) is 11.6 Å². The monoisotopic (exact) mass is 353 g/mol. The molecule has 1 aromatic heterocycles. The first-order valence-corrected chi connectivity index (χ1v) is 8.08. The molecule has 0 atom stereocenters. The number of carbonyl (C=O) groups excluding carboxylic acids is 1. The molecule has 2 aromatic carbocycles. The van der Waals surface area contributed by atoms with Gasteiger partial charge in [-0.1, -0.05) is 30.3 Å². The molecule has 3 aromatic rings. The quantitative estimate of drug-likeness (QED) is 0.700. The first-order chi connectivity index (χ1) is 12.6. The first-order valence-electron chi connectivity index (χ1n) is 8.08. The number of hydrogen-bond acceptors (Lipinski definition) is 3. The summed E-state index contributed by atoms with van der Waals surface area (Å²) in [6.45, 7) is 0.506. The van der Waals surface area contributed by atoms with Gasteiger partial charge in [-0.3, -0.25) is 4.79 Å². The van der Waals surface area contributed by atoms with Gasteiger partial charge in [0.25, 0.3) is 0 Å². The molecule has 0 bridgehead atoms. The number of carbonyl (C=O) groups is 1. The van der Waals surface area contributed by atoms with Crippen LogP contribution in [0.4, 0.5) is 20.3 Å². The van der Waals surface area contributed by atoms with Crippen molar-refractivity contribution in [2.45, 2.75) is 13.0 Å². The Morgan fingerprint density at radius 3 is 2.42 bits per heavy atom. The Balaban J connectivity index is 1.53. The molecule has 26 heavy (non-hydrogen) atoms. The molecular weight excluding hydrogens is 336 g/mol. The third-order valence-electron chi connectivity index (χ3n) is 3.74. The minimum absolute atomic E-state index is 0.0444. The van der Waals surface area contributed by atoms with Gasteiger partial charge in [0, 0.05) is 6.54 Å². The second kappa shape index (κ2) is 8.20. The molecular formula is C20H17F2N3O. The van der Waals surface area contributed by atoms with E-state index < -0.39 is 5.82 Å². The van der Waals surface area contributed by atoms with Crippen LogP contribution in [0.15, 0.2) is 66.9 Å². The molecule has 0 saturated heterocycles. The van der Waals surface area contributed by atoms with Crippen LogP contribution in [0.3, 0.4) is 0 Å². The Bertz CT molecular complexity index is 880. The zero-order chi connectivity index (χ0) is 18.4. The lowest BCUT2D eigenvalue weighted by atomic mass is 10.1. The molecule has 1 amide bonds. The number of anilines is 2. The number of rotatable bonds is 6. The summed E-state index contributed by atoms with van der Waals surface area (Å²) in [5.41, 5.74) is 1.80. The molecule has 0 spiro atoms. The summed E-state index contributed by atoms with van der Waals surface area (Å²) in [5.74, 6) is -0.367. The smallest absolute Gasteiger partial charge is 0.228 e. The minimum atomic E-state index is -0.402. The minimum Gasteiger partial charge on any atom is -0.366 e. The molecule has 0 fully saturated rings. The highest BCUT2D eigenvalue weighted by Crippen LogP contribution is 2.13. The van der Waals surface area contributed by atoms with Crippen molar-refractivity contribution < 1.29 is 13.6 Å². The summed E-state index contributed by atoms with van der Waals surface area (Å²) in [6, 6.07) is 15.8. The lowest BCUT2D eigenvalue weighted by Crippen LogP contribution is -2.15. The lowest BCUT2D eigenvalue weighted by Gasteiger charge is -2.08. The third-order valence-corrected chi connectivity index (χ3v) is 3.74. The Kier molecular flexibility index (Phi) is 5.53. The highest BCUT2D eigenvalue weighted by molar-refractivity contribution is 5.92. The maximum Gasteiger partial charge on any atom is 0.228 e. The predicted molar refractivity (Wildman–Crippen MR) is 96.7 cm³/mol. The number of pyridine rings is 1. The van der Waals surface area contributed by atoms with E-state index in [-0.39, 0.29) is 18.1 Å². The van der Waals surface area contributed by atoms with Crippen LogP contribution in [0.5, 0.6) is 0 Å². The van der Waals surface area contributed by atoms with Gasteiger partial charge in [0.15, 0.2) is 0 Å². The van der Waals surface area contributed by atoms with Crippen molar-refractivity contribution in [3.63, 3.8) is 0 Å². The van der Waals surface area contributed by atoms with Gasteiger partial charge in [-0.15, -0.1) is 0 Å². The van der Waals surface area contributed by atoms with E-state index in [2.05, 4.69) is 15.6 Å². The van der Waals surface area contributed by atoms with Crippen molar-refractivity contribution in [2.75, 3.05) is 10.6 Å². The van der Waals surface area contributed by atoms with Crippen molar-refractivity contribution in [3.8, 4) is 0 Å². The van der Waals surface area contributed by atoms with Crippen LogP contribution < -0.4 is 10.6 Å². The van der Waals surface area contributed by atoms with Crippen LogP contribution in [-0.2, 0) is 17.8 Å². The standard InChI is InChI=1S/C20H17F2N3O/c21-16-7-5-14(6-8-16)12-23-19-10-9-17(13-24-19)25-20(26)11-15-3-1-2-4-18(15)22/h1-10,13H,11-12H2,(H,23,24)(H,25,26). The molecule has 0 radical (unpaired) electrons. The molecule has 1 heterocycles. The van der Waals surface area contributed by atoms with Gasteiger partial charge in [-0.25, -0.2) is 13.8 Å². The van der Waals surface area contributed by atoms with Crippen LogP contribution in [0.25, 0.3) is 0 Å². The largest absolute Gasteiger partial charge is 0.366 e. The van der Waals surface area contributed by atoms with Crippen molar-refractivity contribution in [3.05, 3.63) is 89.6 Å². The SMILES string of the molecule is O=C(Cc1ccccc1F)Nc1ccc(NCc2ccc(F)cc2)nc1. The Hall–Kier alpha value is -3.28. The summed E-state index contributed by atoms with van der Waals surface area (Å²) < 4.78 is 26.4. The molecule has 2 N–H and O–H groups in total. The maximum atomic E-state index is 13.6. The van der Waals surface area contributed by atoms with Gasteiger partial charge < -0.3 is 10.6 Å². The van der Waals surface area contributed by atoms with Gasteiger partial charge in [0.1, 0.15) is 17.5 Å². The molecule has 6 heteroatoms. The highest BCUT2D eigenvalue weighted by atomic mass is 19.1. The number of hydrogen-bond donors (Lipinski definition) is 2. The van der Waals surface area contributed by atoms with Crippen molar-refractivity contribution in [1.29, 1.82) is 0 Å². The molecule has 132 valence electrons. The maximum absolute atomic E-state index is 13.6. The van der Waals surface area contributed by atoms with Crippen LogP contribution in [0.1, 0.15) is 11.1 Å². The van der Waals surface area contributed by atoms with E-state index in [4.69, 9.17) is 0 Å². The predicted octanol–water partition coefficient (Wildman–Crippen LogP) is 4.15. The Morgan fingerprint density at radius 1 is 0.962 bits per heavy atom. The average Bonchev–Trinajstić information content (AvgIpc) is 2.64. The zero-order valence-corrected chi connectivity index (χ0v) is 13.9. The summed E-state index contributed by atoms with van der Waals surface area (Å²) in [6.07, 6.45) is 1.48. The van der Waals surface area contributed by atoms with Crippen molar-refractivity contribution >= 4 is 17.4 Å². The number of amides is 1. The highest BCUT2D eigenvalue weighted by Gasteiger charge is 2.08. The van der Waals surface area contributed by atoms with E-state index in [1.54, 1.807) is 42.5 Å². The van der Waals surface area contributed by atoms with E-state index >= 15 is 0 Å². The summed E-state index contributed by atoms with van der Waals surface area (Å²) in [5, 5.41) is 5.80. The average molecular weight is 353 g/mol. The topological polar surface area (TPSA) is 54.0 Å². The van der Waals surface area contributed by atoms with Gasteiger partial charge in [-0.05, 0) is 41.5 Å². The van der Waals surface area contributed by atoms with Gasteiger partial charge >= 0.3 is 0 Å². The fourth-order valence-corrected chi connectivity index (χ4v) is 2.39. The Morgan fingerprint density at radius 2 is 1.73 bits per heavy atom. The van der Waals surface area contributed by atoms with E-state index in [1.165, 1.54) is 24.4 Å². The van der Waals surface area contributed by atoms with Gasteiger partial charge in [0.2, 0.25) is 5.91 Å². The molecule has 0 aliphatic carbocycles. The van der Waals surface area contributed by atoms with Gasteiger partial charge in [-0.2, -0.15) is 0 Å². The first kappa shape index (κ1) is 17.5. The van der Waals surface area contributed by atoms with Gasteiger partial charge in [0.05, 0.1) is 18.3 Å². The second-order valence-electron chi connectivity index (χ2n) is 5.73. The molecule has 0 aliphatic rings. The second-order valence-corrected chi connectivity index (χ2v) is 5.73. The third kappa shape index (κ3) is 4.86. The normalized spacial score (nSPS) is 10.4. The van der Waals surface area contributed by atoms with Crippen molar-refractivity contribution in [1.82, 2.24) is 4.98 Å². The van der Waals surface area contributed by atoms with Crippen molar-refractivity contribution in [2.24, 2.45) is 0 Å². The molecule has 0 unspecified atom stereocenters. The molecule has 3 rings (SSSR count). The number of nitrogens with one attached hydrogen (secondary N) is 2. The zero-order valence-electron chi connectivity index (χ0n) is 13.9. The van der Waals surface area contributed by atoms with Crippen LogP contribution in [0.2, 0.25) is 0 Å². The lowest BCUT2D eigenvalue weighted by molar-refractivity contribution is -0.115. The number of halogens is 2. The van der Waals surface area contributed by atoms with E-state index in [1.807, 2.05) is 0 Å². The van der Waals surface area contributed by atoms with Crippen LogP contribution >= 0.6 is 0 Å². The number of benzene rings is 2. The van der Waals surface area contributed by atoms with E-state index in [9.17, 15) is 13.6 Å². The molecule has 4 nitrogen and oxygen atoms in total. The molecule has 0 aliphatic heterocycles. The van der Waals surface area contributed by atoms with E-state index in [0.29, 0.717) is 23.6 Å². The summed E-state index contributed by atoms with van der Waals surface area (Å²) in [7, 11) is 0. The number of nitrogens with zero attached hydrogens (tertiary/aromatic N) is 1. The van der Waals surface area contributed by atoms with E-state index in [0.717, 1.165) is 5.56 Å². The Labute approximate surface area is 149 Å². The van der Waals surface area contributed by atoms with Crippen LogP contribution in [-0.4, -0.2) is 10.9 Å². The summed E-state index contributed by atoms with van der Waals surface area (Å²) in [4.78, 5) is 16.2. The fraction of sp³-hybridized carbons (Fsp3) is 0.100. The number of aromatic nitrogens is 1.